The van der Waals surface area contributed by atoms with Crippen LogP contribution < -0.4 is 5.48 Å². The number of rotatable bonds is 1. The standard InChI is InChI=1S/C10H9NO3/c12-9-5-8(10(13)11-14)6-3-1-2-4-7(6)9/h1-4,8,14H,5H2,(H,11,13). The third-order valence-corrected chi connectivity index (χ3v) is 2.45. The van der Waals surface area contributed by atoms with E-state index in [1.54, 1.807) is 29.7 Å². The maximum Gasteiger partial charge on any atom is 0.251 e. The summed E-state index contributed by atoms with van der Waals surface area (Å²) in [6, 6.07) is 6.97. The Morgan fingerprint density at radius 2 is 2.14 bits per heavy atom. The van der Waals surface area contributed by atoms with Gasteiger partial charge >= 0.3 is 0 Å². The largest absolute Gasteiger partial charge is 0.294 e. The van der Waals surface area contributed by atoms with Gasteiger partial charge in [-0.2, -0.15) is 0 Å². The predicted octanol–water partition coefficient (Wildman–Crippen LogP) is 0.862. The van der Waals surface area contributed by atoms with Crippen LogP contribution in [0.4, 0.5) is 0 Å². The zero-order valence-electron chi connectivity index (χ0n) is 7.36. The van der Waals surface area contributed by atoms with Crippen LogP contribution in [0, 0.1) is 0 Å². The minimum absolute atomic E-state index is 0.0470. The molecule has 1 aliphatic rings. The molecule has 4 heteroatoms. The number of carbonyl (C=O) groups is 2. The van der Waals surface area contributed by atoms with Gasteiger partial charge in [-0.1, -0.05) is 24.3 Å². The maximum atomic E-state index is 11.4. The molecule has 72 valence electrons. The van der Waals surface area contributed by atoms with Gasteiger partial charge in [0.05, 0.1) is 5.92 Å². The number of benzene rings is 1. The van der Waals surface area contributed by atoms with Gasteiger partial charge in [-0.15, -0.1) is 0 Å². The average molecular weight is 191 g/mol. The Morgan fingerprint density at radius 1 is 1.43 bits per heavy atom. The van der Waals surface area contributed by atoms with Crippen molar-refractivity contribution in [2.45, 2.75) is 12.3 Å². The van der Waals surface area contributed by atoms with E-state index >= 15 is 0 Å². The molecular weight excluding hydrogens is 182 g/mol. The highest BCUT2D eigenvalue weighted by Gasteiger charge is 2.33. The Bertz CT molecular complexity index is 400. The van der Waals surface area contributed by atoms with E-state index in [1.807, 2.05) is 0 Å². The lowest BCUT2D eigenvalue weighted by Crippen LogP contribution is -2.25. The second-order valence-electron chi connectivity index (χ2n) is 3.24. The Labute approximate surface area is 80.5 Å². The van der Waals surface area contributed by atoms with Gasteiger partial charge in [-0.3, -0.25) is 14.8 Å². The Morgan fingerprint density at radius 3 is 2.86 bits per heavy atom. The van der Waals surface area contributed by atoms with Crippen LogP contribution in [0.5, 0.6) is 0 Å². The molecule has 0 saturated carbocycles. The number of hydrogen-bond acceptors (Lipinski definition) is 3. The number of amides is 1. The molecule has 0 spiro atoms. The number of fused-ring (bicyclic) bond motifs is 1. The van der Waals surface area contributed by atoms with Crippen LogP contribution in [0.3, 0.4) is 0 Å². The van der Waals surface area contributed by atoms with Gasteiger partial charge in [-0.25, -0.2) is 5.48 Å². The van der Waals surface area contributed by atoms with Crippen LogP contribution in [0.1, 0.15) is 28.3 Å². The highest BCUT2D eigenvalue weighted by molar-refractivity contribution is 6.06. The first-order valence-corrected chi connectivity index (χ1v) is 4.30. The third-order valence-electron chi connectivity index (χ3n) is 2.45. The number of Topliss-reactive ketones (excluding diaryl/α,β-unsaturated/α-hetero) is 1. The second-order valence-corrected chi connectivity index (χ2v) is 3.24. The monoisotopic (exact) mass is 191 g/mol. The molecule has 1 amide bonds. The normalized spacial score (nSPS) is 19.2. The summed E-state index contributed by atoms with van der Waals surface area (Å²) in [5.74, 6) is -1.11. The molecule has 14 heavy (non-hydrogen) atoms. The van der Waals surface area contributed by atoms with E-state index in [-0.39, 0.29) is 12.2 Å². The van der Waals surface area contributed by atoms with Crippen LogP contribution in [0.2, 0.25) is 0 Å². The number of carbonyl (C=O) groups excluding carboxylic acids is 2. The first-order chi connectivity index (χ1) is 6.74. The minimum Gasteiger partial charge on any atom is -0.294 e. The minimum atomic E-state index is -0.538. The van der Waals surface area contributed by atoms with E-state index in [2.05, 4.69) is 0 Å². The zero-order chi connectivity index (χ0) is 10.1. The van der Waals surface area contributed by atoms with E-state index in [0.717, 1.165) is 0 Å². The summed E-state index contributed by atoms with van der Waals surface area (Å²) in [6.45, 7) is 0. The molecule has 1 aliphatic carbocycles. The summed E-state index contributed by atoms with van der Waals surface area (Å²) in [5, 5.41) is 8.50. The molecule has 0 fully saturated rings. The third kappa shape index (κ3) is 1.20. The summed E-state index contributed by atoms with van der Waals surface area (Å²) in [6.07, 6.45) is 0.145. The molecule has 0 heterocycles. The number of ketones is 1. The molecule has 0 bridgehead atoms. The highest BCUT2D eigenvalue weighted by atomic mass is 16.5. The number of hydrogen-bond donors (Lipinski definition) is 2. The molecule has 1 aromatic carbocycles. The van der Waals surface area contributed by atoms with Crippen LogP contribution >= 0.6 is 0 Å². The van der Waals surface area contributed by atoms with E-state index < -0.39 is 11.8 Å². The lowest BCUT2D eigenvalue weighted by Gasteiger charge is -2.06. The van der Waals surface area contributed by atoms with E-state index in [1.165, 1.54) is 0 Å². The first-order valence-electron chi connectivity index (χ1n) is 4.30. The van der Waals surface area contributed by atoms with Gasteiger partial charge < -0.3 is 0 Å². The first kappa shape index (κ1) is 8.90. The Balaban J connectivity index is 2.44. The summed E-state index contributed by atoms with van der Waals surface area (Å²) in [7, 11) is 0. The molecule has 2 rings (SSSR count). The van der Waals surface area contributed by atoms with Crippen molar-refractivity contribution in [2.24, 2.45) is 0 Å². The van der Waals surface area contributed by atoms with Crippen molar-refractivity contribution in [3.8, 4) is 0 Å². The number of hydroxylamine groups is 1. The predicted molar refractivity (Wildman–Crippen MR) is 48.1 cm³/mol. The molecule has 1 unspecified atom stereocenters. The lowest BCUT2D eigenvalue weighted by molar-refractivity contribution is -0.130. The van der Waals surface area contributed by atoms with Crippen LogP contribution in [0.25, 0.3) is 0 Å². The highest BCUT2D eigenvalue weighted by Crippen LogP contribution is 2.32. The van der Waals surface area contributed by atoms with Crippen molar-refractivity contribution in [1.29, 1.82) is 0 Å². The fourth-order valence-electron chi connectivity index (χ4n) is 1.77. The summed E-state index contributed by atoms with van der Waals surface area (Å²) < 4.78 is 0. The zero-order valence-corrected chi connectivity index (χ0v) is 7.36. The molecule has 0 saturated heterocycles. The fourth-order valence-corrected chi connectivity index (χ4v) is 1.77. The van der Waals surface area contributed by atoms with E-state index in [9.17, 15) is 9.59 Å². The SMILES string of the molecule is O=C1CC(C(=O)NO)c2ccccc21. The van der Waals surface area contributed by atoms with Crippen LogP contribution in [-0.2, 0) is 4.79 Å². The maximum absolute atomic E-state index is 11.4. The van der Waals surface area contributed by atoms with Crippen molar-refractivity contribution < 1.29 is 14.8 Å². The molecular formula is C10H9NO3. The van der Waals surface area contributed by atoms with Crippen molar-refractivity contribution in [3.63, 3.8) is 0 Å². The van der Waals surface area contributed by atoms with Crippen molar-refractivity contribution in [1.82, 2.24) is 5.48 Å². The molecule has 0 aromatic heterocycles. The van der Waals surface area contributed by atoms with Gasteiger partial charge in [-0.05, 0) is 5.56 Å². The van der Waals surface area contributed by atoms with Crippen molar-refractivity contribution >= 4 is 11.7 Å². The molecule has 1 aromatic rings. The lowest BCUT2D eigenvalue weighted by atomic mass is 10.0. The molecule has 0 aliphatic heterocycles. The van der Waals surface area contributed by atoms with Gasteiger partial charge in [0.15, 0.2) is 5.78 Å². The molecule has 4 nitrogen and oxygen atoms in total. The molecule has 0 radical (unpaired) electrons. The topological polar surface area (TPSA) is 66.4 Å². The average Bonchev–Trinajstić information content (AvgIpc) is 2.56. The number of nitrogens with one attached hydrogen (secondary N) is 1. The molecule has 1 atom stereocenters. The van der Waals surface area contributed by atoms with Gasteiger partial charge in [0.25, 0.3) is 5.91 Å². The summed E-state index contributed by atoms with van der Waals surface area (Å²) in [4.78, 5) is 22.6. The van der Waals surface area contributed by atoms with Gasteiger partial charge in [0, 0.05) is 12.0 Å². The Kier molecular flexibility index (Phi) is 2.05. The van der Waals surface area contributed by atoms with E-state index in [4.69, 9.17) is 5.21 Å². The van der Waals surface area contributed by atoms with Crippen LogP contribution in [-0.4, -0.2) is 16.9 Å². The summed E-state index contributed by atoms with van der Waals surface area (Å²) in [5.41, 5.74) is 2.86. The molecule has 2 N–H and O–H groups in total. The van der Waals surface area contributed by atoms with Crippen LogP contribution in [0.15, 0.2) is 24.3 Å². The van der Waals surface area contributed by atoms with Crippen molar-refractivity contribution in [3.05, 3.63) is 35.4 Å². The van der Waals surface area contributed by atoms with E-state index in [0.29, 0.717) is 11.1 Å². The fraction of sp³-hybridized carbons (Fsp3) is 0.200. The van der Waals surface area contributed by atoms with Crippen molar-refractivity contribution in [2.75, 3.05) is 0 Å². The Hall–Kier alpha value is -1.68. The van der Waals surface area contributed by atoms with Gasteiger partial charge in [0.2, 0.25) is 0 Å². The quantitative estimate of drug-likeness (QED) is 0.511. The summed E-state index contributed by atoms with van der Waals surface area (Å²) >= 11 is 0. The smallest absolute Gasteiger partial charge is 0.251 e. The van der Waals surface area contributed by atoms with Gasteiger partial charge in [0.1, 0.15) is 0 Å². The second kappa shape index (κ2) is 3.23.